The van der Waals surface area contributed by atoms with Gasteiger partial charge in [-0.3, -0.25) is 9.49 Å². The fourth-order valence-corrected chi connectivity index (χ4v) is 3.35. The summed E-state index contributed by atoms with van der Waals surface area (Å²) >= 11 is 0. The molecule has 1 atom stereocenters. The molecule has 4 rings (SSSR count). The first-order valence-corrected chi connectivity index (χ1v) is 8.92. The fraction of sp³-hybridized carbons (Fsp3) is 0.421. The second-order valence-corrected chi connectivity index (χ2v) is 6.96. The third-order valence-corrected chi connectivity index (χ3v) is 4.63. The normalized spacial score (nSPS) is 17.4. The monoisotopic (exact) mass is 355 g/mol. The van der Waals surface area contributed by atoms with Crippen molar-refractivity contribution in [3.63, 3.8) is 0 Å². The molecule has 0 bridgehead atoms. The van der Waals surface area contributed by atoms with Crippen molar-refractivity contribution in [1.29, 1.82) is 0 Å². The smallest absolute Gasteiger partial charge is 0.132 e. The Balaban J connectivity index is 1.68. The van der Waals surface area contributed by atoms with Gasteiger partial charge in [0.2, 0.25) is 0 Å². The zero-order valence-electron chi connectivity index (χ0n) is 14.9. The standard InChI is InChI=1S/C19H22FN5O/c1-12(2)26-14-3-4-16-15(7-14)19(24-23-16)17-8-18(22-11-21-17)25-6-5-13(9-20)10-25/h3-4,7-8,11-13H,5-6,9-10H2,1-2H3,(H,23,24). The Kier molecular flexibility index (Phi) is 4.44. The van der Waals surface area contributed by atoms with Crippen LogP contribution in [-0.4, -0.2) is 46.0 Å². The number of anilines is 1. The average molecular weight is 355 g/mol. The van der Waals surface area contributed by atoms with Gasteiger partial charge in [-0.2, -0.15) is 5.10 Å². The number of alkyl halides is 1. The van der Waals surface area contributed by atoms with Crippen molar-refractivity contribution in [3.05, 3.63) is 30.6 Å². The molecular formula is C19H22FN5O. The number of aromatic nitrogens is 4. The van der Waals surface area contributed by atoms with Gasteiger partial charge >= 0.3 is 0 Å². The van der Waals surface area contributed by atoms with Crippen LogP contribution in [0.2, 0.25) is 0 Å². The van der Waals surface area contributed by atoms with Gasteiger partial charge in [-0.15, -0.1) is 0 Å². The Morgan fingerprint density at radius 3 is 2.96 bits per heavy atom. The van der Waals surface area contributed by atoms with E-state index in [-0.39, 0.29) is 18.7 Å². The van der Waals surface area contributed by atoms with Gasteiger partial charge in [-0.25, -0.2) is 9.97 Å². The Bertz CT molecular complexity index is 910. The summed E-state index contributed by atoms with van der Waals surface area (Å²) in [5.74, 6) is 1.71. The third kappa shape index (κ3) is 3.21. The lowest BCUT2D eigenvalue weighted by molar-refractivity contribution is 0.243. The molecule has 1 aliphatic rings. The minimum absolute atomic E-state index is 0.0929. The maximum Gasteiger partial charge on any atom is 0.132 e. The molecule has 1 aliphatic heterocycles. The summed E-state index contributed by atoms with van der Waals surface area (Å²) in [4.78, 5) is 10.9. The number of benzene rings is 1. The van der Waals surface area contributed by atoms with Crippen molar-refractivity contribution < 1.29 is 9.13 Å². The number of fused-ring (bicyclic) bond motifs is 1. The van der Waals surface area contributed by atoms with E-state index in [9.17, 15) is 4.39 Å². The molecule has 26 heavy (non-hydrogen) atoms. The largest absolute Gasteiger partial charge is 0.491 e. The molecule has 1 N–H and O–H groups in total. The number of halogens is 1. The Labute approximate surface area is 151 Å². The first-order valence-electron chi connectivity index (χ1n) is 8.92. The van der Waals surface area contributed by atoms with Crippen molar-refractivity contribution in [2.75, 3.05) is 24.7 Å². The zero-order chi connectivity index (χ0) is 18.1. The maximum absolute atomic E-state index is 12.9. The van der Waals surface area contributed by atoms with Crippen molar-refractivity contribution in [1.82, 2.24) is 20.2 Å². The first-order chi connectivity index (χ1) is 12.6. The highest BCUT2D eigenvalue weighted by atomic mass is 19.1. The SMILES string of the molecule is CC(C)Oc1ccc2[nH]nc(-c3cc(N4CCC(CF)C4)ncn3)c2c1. The number of rotatable bonds is 5. The highest BCUT2D eigenvalue weighted by Crippen LogP contribution is 2.30. The molecule has 136 valence electrons. The van der Waals surface area contributed by atoms with Gasteiger partial charge in [0.25, 0.3) is 0 Å². The molecule has 1 saturated heterocycles. The predicted molar refractivity (Wildman–Crippen MR) is 99.2 cm³/mol. The van der Waals surface area contributed by atoms with Gasteiger partial charge in [0, 0.05) is 30.5 Å². The van der Waals surface area contributed by atoms with Crippen molar-refractivity contribution in [2.24, 2.45) is 5.92 Å². The van der Waals surface area contributed by atoms with E-state index in [1.165, 1.54) is 0 Å². The zero-order valence-corrected chi connectivity index (χ0v) is 14.9. The quantitative estimate of drug-likeness (QED) is 0.757. The van der Waals surface area contributed by atoms with Crippen LogP contribution in [-0.2, 0) is 0 Å². The van der Waals surface area contributed by atoms with E-state index in [1.54, 1.807) is 6.33 Å². The summed E-state index contributed by atoms with van der Waals surface area (Å²) in [5.41, 5.74) is 2.43. The van der Waals surface area contributed by atoms with E-state index in [2.05, 4.69) is 25.1 Å². The van der Waals surface area contributed by atoms with Crippen LogP contribution >= 0.6 is 0 Å². The van der Waals surface area contributed by atoms with Crippen LogP contribution in [0.15, 0.2) is 30.6 Å². The van der Waals surface area contributed by atoms with E-state index in [4.69, 9.17) is 4.74 Å². The van der Waals surface area contributed by atoms with Gasteiger partial charge in [-0.05, 0) is 38.5 Å². The molecule has 0 saturated carbocycles. The fourth-order valence-electron chi connectivity index (χ4n) is 3.35. The first kappa shape index (κ1) is 16.8. The molecule has 0 spiro atoms. The van der Waals surface area contributed by atoms with Gasteiger partial charge in [0.15, 0.2) is 0 Å². The summed E-state index contributed by atoms with van der Waals surface area (Å²) in [5, 5.41) is 8.43. The lowest BCUT2D eigenvalue weighted by Crippen LogP contribution is -2.21. The van der Waals surface area contributed by atoms with E-state index in [0.29, 0.717) is 6.54 Å². The van der Waals surface area contributed by atoms with Crippen molar-refractivity contribution in [3.8, 4) is 17.1 Å². The molecule has 1 fully saturated rings. The molecule has 1 unspecified atom stereocenters. The summed E-state index contributed by atoms with van der Waals surface area (Å²) < 4.78 is 18.7. The van der Waals surface area contributed by atoms with Crippen LogP contribution in [0.3, 0.4) is 0 Å². The third-order valence-electron chi connectivity index (χ3n) is 4.63. The highest BCUT2D eigenvalue weighted by molar-refractivity contribution is 5.93. The van der Waals surface area contributed by atoms with Crippen molar-refractivity contribution in [2.45, 2.75) is 26.4 Å². The number of hydrogen-bond acceptors (Lipinski definition) is 5. The Morgan fingerprint density at radius 1 is 1.31 bits per heavy atom. The minimum atomic E-state index is -0.281. The Morgan fingerprint density at radius 2 is 2.19 bits per heavy atom. The lowest BCUT2D eigenvalue weighted by atomic mass is 10.1. The molecule has 0 radical (unpaired) electrons. The number of ether oxygens (including phenoxy) is 1. The molecule has 0 aliphatic carbocycles. The lowest BCUT2D eigenvalue weighted by Gasteiger charge is -2.17. The van der Waals surface area contributed by atoms with Gasteiger partial charge in [0.1, 0.15) is 23.6 Å². The predicted octanol–water partition coefficient (Wildman–Crippen LogP) is 3.60. The highest BCUT2D eigenvalue weighted by Gasteiger charge is 2.24. The van der Waals surface area contributed by atoms with E-state index < -0.39 is 0 Å². The van der Waals surface area contributed by atoms with Crippen molar-refractivity contribution >= 4 is 16.7 Å². The summed E-state index contributed by atoms with van der Waals surface area (Å²) in [6.07, 6.45) is 2.51. The van der Waals surface area contributed by atoms with E-state index >= 15 is 0 Å². The van der Waals surface area contributed by atoms with Crippen LogP contribution in [0, 0.1) is 5.92 Å². The van der Waals surface area contributed by atoms with Gasteiger partial charge in [0.05, 0.1) is 24.0 Å². The van der Waals surface area contributed by atoms with Crippen LogP contribution in [0.4, 0.5) is 10.2 Å². The molecule has 3 aromatic rings. The summed E-state index contributed by atoms with van der Waals surface area (Å²) in [6, 6.07) is 7.78. The number of H-pyrrole nitrogens is 1. The van der Waals surface area contributed by atoms with E-state index in [1.807, 2.05) is 38.1 Å². The van der Waals surface area contributed by atoms with Crippen LogP contribution in [0.25, 0.3) is 22.3 Å². The molecule has 7 heteroatoms. The number of nitrogens with one attached hydrogen (secondary N) is 1. The van der Waals surface area contributed by atoms with Crippen LogP contribution in [0.1, 0.15) is 20.3 Å². The minimum Gasteiger partial charge on any atom is -0.491 e. The van der Waals surface area contributed by atoms with Crippen LogP contribution < -0.4 is 9.64 Å². The number of hydrogen-bond donors (Lipinski definition) is 1. The molecule has 0 amide bonds. The molecule has 6 nitrogen and oxygen atoms in total. The molecule has 3 heterocycles. The molecule has 2 aromatic heterocycles. The molecular weight excluding hydrogens is 333 g/mol. The second kappa shape index (κ2) is 6.90. The van der Waals surface area contributed by atoms with Gasteiger partial charge < -0.3 is 9.64 Å². The summed E-state index contributed by atoms with van der Waals surface area (Å²) in [7, 11) is 0. The molecule has 1 aromatic carbocycles. The van der Waals surface area contributed by atoms with Crippen LogP contribution in [0.5, 0.6) is 5.75 Å². The average Bonchev–Trinajstić information content (AvgIpc) is 3.28. The number of nitrogens with zero attached hydrogens (tertiary/aromatic N) is 4. The number of aromatic amines is 1. The Hall–Kier alpha value is -2.70. The second-order valence-electron chi connectivity index (χ2n) is 6.96. The topological polar surface area (TPSA) is 66.9 Å². The van der Waals surface area contributed by atoms with Gasteiger partial charge in [-0.1, -0.05) is 0 Å². The maximum atomic E-state index is 12.9. The van der Waals surface area contributed by atoms with E-state index in [0.717, 1.165) is 46.8 Å². The summed E-state index contributed by atoms with van der Waals surface area (Å²) in [6.45, 7) is 5.23.